The standard InChI is InChI=1S/C14H18F3N6OP/c1-19-11-20-12(23(2)9-5-3-8(18)4-6-9)22-13(21-11)24-7-14(17,25)10(15)16/h3-6,10H,7,18,25H2,1-2H3,(H,19,20,21,22). The third-order valence-corrected chi connectivity index (χ3v) is 3.61. The van der Waals surface area contributed by atoms with Crippen molar-refractivity contribution in [3.05, 3.63) is 24.3 Å². The van der Waals surface area contributed by atoms with Gasteiger partial charge >= 0.3 is 6.01 Å². The molecule has 0 saturated heterocycles. The molecule has 0 aliphatic rings. The number of rotatable bonds is 7. The highest BCUT2D eigenvalue weighted by molar-refractivity contribution is 7.18. The SMILES string of the molecule is CNc1nc(OCC(F)(P)C(F)F)nc(N(C)c2ccc(N)cc2)n1. The van der Waals surface area contributed by atoms with Crippen LogP contribution in [0.4, 0.5) is 36.4 Å². The predicted molar refractivity (Wildman–Crippen MR) is 93.3 cm³/mol. The Kier molecular flexibility index (Phi) is 5.84. The number of benzene rings is 1. The van der Waals surface area contributed by atoms with Crippen LogP contribution in [-0.2, 0) is 0 Å². The maximum absolute atomic E-state index is 13.6. The Hall–Kier alpha value is -2.35. The van der Waals surface area contributed by atoms with Gasteiger partial charge in [0.05, 0.1) is 0 Å². The zero-order chi connectivity index (χ0) is 18.6. The number of nitrogens with one attached hydrogen (secondary N) is 1. The summed E-state index contributed by atoms with van der Waals surface area (Å²) in [5, 5.41) is -0.186. The lowest BCUT2D eigenvalue weighted by molar-refractivity contribution is -0.00257. The fraction of sp³-hybridized carbons (Fsp3) is 0.357. The Morgan fingerprint density at radius 1 is 1.28 bits per heavy atom. The van der Waals surface area contributed by atoms with E-state index in [1.807, 2.05) is 0 Å². The van der Waals surface area contributed by atoms with Crippen LogP contribution in [-0.4, -0.2) is 47.5 Å². The number of nitrogen functional groups attached to an aromatic ring is 1. The van der Waals surface area contributed by atoms with Gasteiger partial charge < -0.3 is 20.7 Å². The van der Waals surface area contributed by atoms with Crippen LogP contribution in [0.2, 0.25) is 0 Å². The van der Waals surface area contributed by atoms with E-state index in [4.69, 9.17) is 10.5 Å². The van der Waals surface area contributed by atoms with Crippen molar-refractivity contribution in [2.45, 2.75) is 11.8 Å². The number of ether oxygens (including phenoxy) is 1. The van der Waals surface area contributed by atoms with E-state index in [-0.39, 0.29) is 17.9 Å². The summed E-state index contributed by atoms with van der Waals surface area (Å²) in [4.78, 5) is 13.7. The summed E-state index contributed by atoms with van der Waals surface area (Å²) < 4.78 is 43.7. The van der Waals surface area contributed by atoms with E-state index in [2.05, 4.69) is 20.3 Å². The third-order valence-electron chi connectivity index (χ3n) is 3.19. The van der Waals surface area contributed by atoms with Crippen LogP contribution in [0.1, 0.15) is 0 Å². The van der Waals surface area contributed by atoms with E-state index < -0.39 is 18.4 Å². The molecule has 11 heteroatoms. The van der Waals surface area contributed by atoms with Crippen molar-refractivity contribution < 1.29 is 17.9 Å². The molecule has 0 aliphatic carbocycles. The normalized spacial score (nSPS) is 13.4. The summed E-state index contributed by atoms with van der Waals surface area (Å²) in [5.74, 6) is 0.330. The van der Waals surface area contributed by atoms with Gasteiger partial charge in [-0.2, -0.15) is 15.0 Å². The van der Waals surface area contributed by atoms with E-state index in [9.17, 15) is 13.2 Å². The first kappa shape index (κ1) is 19.0. The monoisotopic (exact) mass is 374 g/mol. The van der Waals surface area contributed by atoms with E-state index in [0.29, 0.717) is 5.69 Å². The second-order valence-electron chi connectivity index (χ2n) is 5.16. The smallest absolute Gasteiger partial charge is 0.323 e. The highest BCUT2D eigenvalue weighted by Gasteiger charge is 2.36. The second-order valence-corrected chi connectivity index (χ2v) is 6.12. The molecule has 136 valence electrons. The summed E-state index contributed by atoms with van der Waals surface area (Å²) in [6.45, 7) is -0.923. The zero-order valence-corrected chi connectivity index (χ0v) is 14.7. The molecule has 2 aromatic rings. The average molecular weight is 374 g/mol. The summed E-state index contributed by atoms with van der Waals surface area (Å²) in [7, 11) is 4.69. The van der Waals surface area contributed by atoms with E-state index in [0.717, 1.165) is 5.69 Å². The minimum atomic E-state index is -3.22. The molecule has 2 rings (SSSR count). The first-order chi connectivity index (χ1) is 11.7. The molecule has 0 amide bonds. The van der Waals surface area contributed by atoms with Crippen molar-refractivity contribution in [2.24, 2.45) is 0 Å². The molecule has 1 heterocycles. The Labute approximate surface area is 145 Å². The quantitative estimate of drug-likeness (QED) is 0.568. The summed E-state index contributed by atoms with van der Waals surface area (Å²) in [6, 6.07) is 6.65. The van der Waals surface area contributed by atoms with Crippen LogP contribution in [0.3, 0.4) is 0 Å². The van der Waals surface area contributed by atoms with Crippen LogP contribution in [0.15, 0.2) is 24.3 Å². The number of nitrogens with zero attached hydrogens (tertiary/aromatic N) is 4. The molecule has 0 saturated carbocycles. The van der Waals surface area contributed by atoms with Crippen LogP contribution in [0.25, 0.3) is 0 Å². The predicted octanol–water partition coefficient (Wildman–Crippen LogP) is 2.45. The number of anilines is 4. The van der Waals surface area contributed by atoms with E-state index in [1.165, 1.54) is 9.24 Å². The zero-order valence-electron chi connectivity index (χ0n) is 13.6. The molecule has 2 unspecified atom stereocenters. The molecule has 0 bridgehead atoms. The van der Waals surface area contributed by atoms with Crippen molar-refractivity contribution in [1.82, 2.24) is 15.0 Å². The molecule has 3 N–H and O–H groups in total. The number of aromatic nitrogens is 3. The van der Waals surface area contributed by atoms with Gasteiger partial charge in [0.25, 0.3) is 6.43 Å². The average Bonchev–Trinajstić information content (AvgIpc) is 2.59. The van der Waals surface area contributed by atoms with Crippen LogP contribution in [0.5, 0.6) is 6.01 Å². The largest absolute Gasteiger partial charge is 0.459 e. The van der Waals surface area contributed by atoms with Crippen molar-refractivity contribution in [2.75, 3.05) is 36.7 Å². The summed E-state index contributed by atoms with van der Waals surface area (Å²) in [6.07, 6.45) is -3.22. The van der Waals surface area contributed by atoms with Gasteiger partial charge in [-0.15, -0.1) is 0 Å². The van der Waals surface area contributed by atoms with Crippen molar-refractivity contribution in [3.63, 3.8) is 0 Å². The molecule has 0 fully saturated rings. The maximum Gasteiger partial charge on any atom is 0.323 e. The maximum atomic E-state index is 13.6. The van der Waals surface area contributed by atoms with Crippen molar-refractivity contribution >= 4 is 32.5 Å². The number of alkyl halides is 3. The highest BCUT2D eigenvalue weighted by atomic mass is 31.0. The van der Waals surface area contributed by atoms with Crippen LogP contribution >= 0.6 is 9.24 Å². The molecule has 0 spiro atoms. The molecular formula is C14H18F3N6OP. The lowest BCUT2D eigenvalue weighted by atomic mass is 10.3. The Morgan fingerprint density at radius 3 is 2.48 bits per heavy atom. The van der Waals surface area contributed by atoms with Gasteiger partial charge in [0, 0.05) is 25.5 Å². The lowest BCUT2D eigenvalue weighted by Crippen LogP contribution is -2.32. The second kappa shape index (κ2) is 7.69. The Bertz CT molecular complexity index is 716. The number of hydrogen-bond donors (Lipinski definition) is 2. The molecule has 0 radical (unpaired) electrons. The minimum absolute atomic E-state index is 0.146. The highest BCUT2D eigenvalue weighted by Crippen LogP contribution is 2.29. The van der Waals surface area contributed by atoms with Gasteiger partial charge in [0.15, 0.2) is 0 Å². The molecule has 7 nitrogen and oxygen atoms in total. The van der Waals surface area contributed by atoms with Crippen LogP contribution < -0.4 is 20.7 Å². The van der Waals surface area contributed by atoms with Crippen molar-refractivity contribution in [3.8, 4) is 6.01 Å². The first-order valence-electron chi connectivity index (χ1n) is 7.15. The lowest BCUT2D eigenvalue weighted by Gasteiger charge is -2.20. The molecule has 25 heavy (non-hydrogen) atoms. The Balaban J connectivity index is 2.25. The molecule has 1 aromatic heterocycles. The number of nitrogens with two attached hydrogens (primary N) is 1. The summed E-state index contributed by atoms with van der Waals surface area (Å²) >= 11 is 0. The fourth-order valence-corrected chi connectivity index (χ4v) is 1.81. The van der Waals surface area contributed by atoms with Gasteiger partial charge in [0.1, 0.15) is 6.61 Å². The van der Waals surface area contributed by atoms with E-state index in [1.54, 1.807) is 43.3 Å². The molecular weight excluding hydrogens is 356 g/mol. The van der Waals surface area contributed by atoms with Gasteiger partial charge in [-0.1, -0.05) is 9.24 Å². The first-order valence-corrected chi connectivity index (χ1v) is 7.72. The van der Waals surface area contributed by atoms with Gasteiger partial charge in [-0.25, -0.2) is 13.2 Å². The molecule has 2 atom stereocenters. The van der Waals surface area contributed by atoms with Crippen LogP contribution in [0, 0.1) is 0 Å². The van der Waals surface area contributed by atoms with Gasteiger partial charge in [-0.3, -0.25) is 0 Å². The van der Waals surface area contributed by atoms with Crippen molar-refractivity contribution in [1.29, 1.82) is 0 Å². The number of halogens is 3. The summed E-state index contributed by atoms with van der Waals surface area (Å²) in [5.41, 5.74) is 6.98. The van der Waals surface area contributed by atoms with Gasteiger partial charge in [0.2, 0.25) is 17.3 Å². The fourth-order valence-electron chi connectivity index (χ4n) is 1.72. The topological polar surface area (TPSA) is 89.2 Å². The van der Waals surface area contributed by atoms with Gasteiger partial charge in [-0.05, 0) is 24.3 Å². The Morgan fingerprint density at radius 2 is 1.92 bits per heavy atom. The van der Waals surface area contributed by atoms with E-state index >= 15 is 0 Å². The minimum Gasteiger partial charge on any atom is -0.459 e. The third kappa shape index (κ3) is 4.82. The molecule has 0 aliphatic heterocycles. The number of hydrogen-bond acceptors (Lipinski definition) is 7. The molecule has 1 aromatic carbocycles.